The van der Waals surface area contributed by atoms with Crippen LogP contribution < -0.4 is 15.6 Å². The number of benzene rings is 2. The Morgan fingerprint density at radius 2 is 1.88 bits per heavy atom. The number of hydrogen-bond acceptors (Lipinski definition) is 6. The first kappa shape index (κ1) is 17.2. The molecular weight excluding hydrogens is 330 g/mol. The number of hydrazone groups is 1. The minimum Gasteiger partial charge on any atom is -0.507 e. The molecule has 0 saturated heterocycles. The fourth-order valence-electron chi connectivity index (χ4n) is 2.31. The zero-order valence-electron chi connectivity index (χ0n) is 14.5. The number of guanidine groups is 1. The van der Waals surface area contributed by atoms with E-state index in [0.29, 0.717) is 11.3 Å². The van der Waals surface area contributed by atoms with Gasteiger partial charge in [0.05, 0.1) is 6.21 Å². The molecule has 0 saturated carbocycles. The number of hydrogen-bond donors (Lipinski definition) is 3. The number of aromatic hydroxyl groups is 1. The van der Waals surface area contributed by atoms with Crippen molar-refractivity contribution in [2.24, 2.45) is 10.1 Å². The summed E-state index contributed by atoms with van der Waals surface area (Å²) in [5.74, 6) is 0.0528. The number of aliphatic imine (C=N–C) groups is 1. The van der Waals surface area contributed by atoms with Crippen LogP contribution in [0.4, 0.5) is 5.69 Å². The number of nitrogens with zero attached hydrogens (tertiary/aromatic N) is 3. The zero-order valence-corrected chi connectivity index (χ0v) is 14.5. The first-order chi connectivity index (χ1) is 12.5. The second kappa shape index (κ2) is 7.52. The lowest BCUT2D eigenvalue weighted by atomic mass is 10.1. The van der Waals surface area contributed by atoms with Crippen LogP contribution in [-0.4, -0.2) is 37.3 Å². The normalized spacial score (nSPS) is 15.2. The van der Waals surface area contributed by atoms with Crippen LogP contribution in [0.15, 0.2) is 64.3 Å². The molecule has 7 nitrogen and oxygen atoms in total. The van der Waals surface area contributed by atoms with Gasteiger partial charge in [0.1, 0.15) is 11.4 Å². The molecule has 0 spiro atoms. The van der Waals surface area contributed by atoms with Gasteiger partial charge in [-0.05, 0) is 35.9 Å². The van der Waals surface area contributed by atoms with Gasteiger partial charge in [-0.1, -0.05) is 24.3 Å². The third-order valence-electron chi connectivity index (χ3n) is 3.72. The predicted octanol–water partition coefficient (Wildman–Crippen LogP) is 1.91. The van der Waals surface area contributed by atoms with Crippen LogP contribution in [0, 0.1) is 0 Å². The van der Waals surface area contributed by atoms with Gasteiger partial charge in [-0.25, -0.2) is 10.4 Å². The van der Waals surface area contributed by atoms with Crippen LogP contribution in [-0.2, 0) is 4.79 Å². The zero-order chi connectivity index (χ0) is 18.5. The summed E-state index contributed by atoms with van der Waals surface area (Å²) in [6.07, 6.45) is 3.15. The first-order valence-corrected chi connectivity index (χ1v) is 7.99. The van der Waals surface area contributed by atoms with Gasteiger partial charge in [0.25, 0.3) is 5.91 Å². The second-order valence-electron chi connectivity index (χ2n) is 5.86. The Labute approximate surface area is 151 Å². The predicted molar refractivity (Wildman–Crippen MR) is 103 cm³/mol. The summed E-state index contributed by atoms with van der Waals surface area (Å²) in [4.78, 5) is 18.2. The van der Waals surface area contributed by atoms with E-state index in [4.69, 9.17) is 0 Å². The summed E-state index contributed by atoms with van der Waals surface area (Å²) >= 11 is 0. The van der Waals surface area contributed by atoms with E-state index in [1.807, 2.05) is 43.3 Å². The van der Waals surface area contributed by atoms with E-state index < -0.39 is 0 Å². The number of carbonyl (C=O) groups is 1. The van der Waals surface area contributed by atoms with Gasteiger partial charge in [0.15, 0.2) is 0 Å². The molecule has 1 aliphatic heterocycles. The monoisotopic (exact) mass is 349 g/mol. The number of rotatable bonds is 4. The molecule has 1 aliphatic rings. The van der Waals surface area contributed by atoms with E-state index in [1.54, 1.807) is 30.3 Å². The maximum atomic E-state index is 12.0. The highest BCUT2D eigenvalue weighted by Gasteiger charge is 2.19. The highest BCUT2D eigenvalue weighted by atomic mass is 16.3. The van der Waals surface area contributed by atoms with Crippen LogP contribution >= 0.6 is 0 Å². The average Bonchev–Trinajstić information content (AvgIpc) is 2.96. The molecule has 1 amide bonds. The maximum Gasteiger partial charge on any atom is 0.276 e. The largest absolute Gasteiger partial charge is 0.507 e. The lowest BCUT2D eigenvalue weighted by Crippen LogP contribution is -2.33. The van der Waals surface area contributed by atoms with Crippen molar-refractivity contribution in [3.63, 3.8) is 0 Å². The van der Waals surface area contributed by atoms with Gasteiger partial charge in [0.2, 0.25) is 5.96 Å². The molecule has 0 aliphatic carbocycles. The van der Waals surface area contributed by atoms with Gasteiger partial charge in [-0.15, -0.1) is 0 Å². The van der Waals surface area contributed by atoms with Crippen LogP contribution in [0.5, 0.6) is 5.75 Å². The van der Waals surface area contributed by atoms with Gasteiger partial charge in [0, 0.05) is 25.3 Å². The maximum absolute atomic E-state index is 12.0. The molecule has 0 unspecified atom stereocenters. The number of carbonyl (C=O) groups excluding carboxylic acids is 1. The number of para-hydroxylation sites is 1. The molecule has 7 heteroatoms. The molecule has 26 heavy (non-hydrogen) atoms. The van der Waals surface area contributed by atoms with Crippen LogP contribution in [0.3, 0.4) is 0 Å². The summed E-state index contributed by atoms with van der Waals surface area (Å²) in [6, 6.07) is 14.6. The van der Waals surface area contributed by atoms with Crippen molar-refractivity contribution >= 4 is 29.8 Å². The number of phenolic OH excluding ortho intramolecular Hbond substituents is 1. The highest BCUT2D eigenvalue weighted by Crippen LogP contribution is 2.16. The van der Waals surface area contributed by atoms with Crippen molar-refractivity contribution in [2.75, 3.05) is 19.0 Å². The molecule has 0 atom stereocenters. The minimum absolute atomic E-state index is 0.122. The van der Waals surface area contributed by atoms with E-state index in [9.17, 15) is 9.90 Å². The molecule has 0 radical (unpaired) electrons. The van der Waals surface area contributed by atoms with E-state index in [2.05, 4.69) is 20.8 Å². The molecule has 2 aromatic rings. The van der Waals surface area contributed by atoms with Gasteiger partial charge in [-0.3, -0.25) is 10.1 Å². The number of phenols is 1. The molecule has 2 aromatic carbocycles. The lowest BCUT2D eigenvalue weighted by Gasteiger charge is -2.11. The van der Waals surface area contributed by atoms with Gasteiger partial charge >= 0.3 is 0 Å². The Hall–Kier alpha value is -3.61. The molecule has 0 bridgehead atoms. The first-order valence-electron chi connectivity index (χ1n) is 7.99. The van der Waals surface area contributed by atoms with Gasteiger partial charge < -0.3 is 10.0 Å². The number of nitrogens with one attached hydrogen (secondary N) is 2. The van der Waals surface area contributed by atoms with E-state index >= 15 is 0 Å². The van der Waals surface area contributed by atoms with Crippen LogP contribution in [0.1, 0.15) is 11.1 Å². The fraction of sp³-hybridized carbons (Fsp3) is 0.105. The Morgan fingerprint density at radius 3 is 2.58 bits per heavy atom. The summed E-state index contributed by atoms with van der Waals surface area (Å²) in [5.41, 5.74) is 5.46. The van der Waals surface area contributed by atoms with Crippen molar-refractivity contribution in [1.82, 2.24) is 10.7 Å². The van der Waals surface area contributed by atoms with E-state index in [-0.39, 0.29) is 17.6 Å². The second-order valence-corrected chi connectivity index (χ2v) is 5.86. The summed E-state index contributed by atoms with van der Waals surface area (Å²) in [5, 5.41) is 16.3. The molecule has 3 rings (SSSR count). The quantitative estimate of drug-likeness (QED) is 0.447. The Balaban J connectivity index is 1.69. The standard InChI is InChI=1S/C19H19N5O2/c1-24(2)15-9-7-13(8-10-15)11-16-18(26)22-19(21-16)23-20-12-14-5-3-4-6-17(14)25/h3-12,25H,1-2H3,(H2,21,22,23,26)/b16-11?,20-12+. The summed E-state index contributed by atoms with van der Waals surface area (Å²) < 4.78 is 0. The Bertz CT molecular complexity index is 898. The SMILES string of the molecule is CN(C)c1ccc(C=C2N=C(N/N=C/c3ccccc3O)NC2=O)cc1. The van der Waals surface area contributed by atoms with E-state index in [1.165, 1.54) is 6.21 Å². The molecular formula is C19H19N5O2. The minimum atomic E-state index is -0.304. The lowest BCUT2D eigenvalue weighted by molar-refractivity contribution is -0.115. The summed E-state index contributed by atoms with van der Waals surface area (Å²) in [7, 11) is 3.94. The van der Waals surface area contributed by atoms with Crippen LogP contribution in [0.25, 0.3) is 6.08 Å². The number of amides is 1. The molecule has 3 N–H and O–H groups in total. The Morgan fingerprint density at radius 1 is 1.15 bits per heavy atom. The van der Waals surface area contributed by atoms with Crippen molar-refractivity contribution in [2.45, 2.75) is 0 Å². The van der Waals surface area contributed by atoms with E-state index in [0.717, 1.165) is 11.3 Å². The Kier molecular flexibility index (Phi) is 4.98. The number of anilines is 1. The summed E-state index contributed by atoms with van der Waals surface area (Å²) in [6.45, 7) is 0. The third kappa shape index (κ3) is 4.07. The van der Waals surface area contributed by atoms with Crippen molar-refractivity contribution < 1.29 is 9.90 Å². The average molecular weight is 349 g/mol. The molecule has 132 valence electrons. The van der Waals surface area contributed by atoms with Crippen LogP contribution in [0.2, 0.25) is 0 Å². The smallest absolute Gasteiger partial charge is 0.276 e. The molecule has 1 heterocycles. The highest BCUT2D eigenvalue weighted by molar-refractivity contribution is 6.13. The van der Waals surface area contributed by atoms with Crippen molar-refractivity contribution in [3.8, 4) is 5.75 Å². The molecule has 0 aromatic heterocycles. The van der Waals surface area contributed by atoms with Crippen molar-refractivity contribution in [3.05, 3.63) is 65.4 Å². The third-order valence-corrected chi connectivity index (χ3v) is 3.72. The van der Waals surface area contributed by atoms with Gasteiger partial charge in [-0.2, -0.15) is 5.10 Å². The fourth-order valence-corrected chi connectivity index (χ4v) is 2.31. The van der Waals surface area contributed by atoms with Crippen molar-refractivity contribution in [1.29, 1.82) is 0 Å². The molecule has 0 fully saturated rings. The topological polar surface area (TPSA) is 89.3 Å².